The molecule has 0 aliphatic heterocycles. The molecule has 0 spiro atoms. The van der Waals surface area contributed by atoms with Gasteiger partial charge in [0.1, 0.15) is 5.69 Å². The SMILES string of the molecule is Cc1ccc(C(=O)Nc2cc(C(F)(F)F)c[nH]c2=O)cc1C. The van der Waals surface area contributed by atoms with Crippen LogP contribution in [0.15, 0.2) is 35.3 Å². The summed E-state index contributed by atoms with van der Waals surface area (Å²) < 4.78 is 37.9. The quantitative estimate of drug-likeness (QED) is 0.894. The number of halogens is 3. The third kappa shape index (κ3) is 3.36. The van der Waals surface area contributed by atoms with E-state index in [1.165, 1.54) is 0 Å². The molecule has 1 amide bonds. The van der Waals surface area contributed by atoms with Gasteiger partial charge in [0, 0.05) is 11.8 Å². The lowest BCUT2D eigenvalue weighted by atomic mass is 10.1. The molecule has 7 heteroatoms. The van der Waals surface area contributed by atoms with E-state index in [9.17, 15) is 22.8 Å². The molecule has 1 aromatic heterocycles. The first-order valence-electron chi connectivity index (χ1n) is 6.37. The van der Waals surface area contributed by atoms with Gasteiger partial charge in [-0.2, -0.15) is 13.2 Å². The average Bonchev–Trinajstić information content (AvgIpc) is 2.43. The molecule has 2 rings (SSSR count). The van der Waals surface area contributed by atoms with Crippen LogP contribution in [0.1, 0.15) is 27.0 Å². The zero-order chi connectivity index (χ0) is 16.5. The lowest BCUT2D eigenvalue weighted by Gasteiger charge is -2.10. The number of alkyl halides is 3. The van der Waals surface area contributed by atoms with Gasteiger partial charge in [-0.3, -0.25) is 9.59 Å². The number of hydrogen-bond acceptors (Lipinski definition) is 2. The van der Waals surface area contributed by atoms with Gasteiger partial charge >= 0.3 is 6.18 Å². The fourth-order valence-corrected chi connectivity index (χ4v) is 1.82. The Bertz CT molecular complexity index is 779. The number of benzene rings is 1. The summed E-state index contributed by atoms with van der Waals surface area (Å²) in [6.07, 6.45) is -4.04. The highest BCUT2D eigenvalue weighted by molar-refractivity contribution is 6.04. The van der Waals surface area contributed by atoms with Crippen LogP contribution in [0.25, 0.3) is 0 Å². The van der Waals surface area contributed by atoms with Gasteiger partial charge in [-0.05, 0) is 43.2 Å². The second kappa shape index (κ2) is 5.67. The first kappa shape index (κ1) is 15.8. The number of aryl methyl sites for hydroxylation is 2. The van der Waals surface area contributed by atoms with Crippen LogP contribution in [0.4, 0.5) is 18.9 Å². The Hall–Kier alpha value is -2.57. The van der Waals surface area contributed by atoms with Crippen molar-refractivity contribution in [2.24, 2.45) is 0 Å². The number of aromatic amines is 1. The number of nitrogens with one attached hydrogen (secondary N) is 2. The van der Waals surface area contributed by atoms with E-state index in [4.69, 9.17) is 0 Å². The molecule has 0 aliphatic rings. The summed E-state index contributed by atoms with van der Waals surface area (Å²) in [7, 11) is 0. The first-order chi connectivity index (χ1) is 10.2. The van der Waals surface area contributed by atoms with E-state index < -0.39 is 28.9 Å². The Balaban J connectivity index is 2.32. The Kier molecular flexibility index (Phi) is 4.07. The van der Waals surface area contributed by atoms with Crippen LogP contribution in [-0.2, 0) is 6.18 Å². The second-order valence-electron chi connectivity index (χ2n) is 4.88. The molecule has 1 aromatic carbocycles. The topological polar surface area (TPSA) is 62.0 Å². The van der Waals surface area contributed by atoms with Crippen LogP contribution >= 0.6 is 0 Å². The van der Waals surface area contributed by atoms with Gasteiger partial charge in [0.25, 0.3) is 11.5 Å². The van der Waals surface area contributed by atoms with E-state index in [0.29, 0.717) is 12.3 Å². The number of aromatic nitrogens is 1. The first-order valence-corrected chi connectivity index (χ1v) is 6.37. The lowest BCUT2D eigenvalue weighted by molar-refractivity contribution is -0.137. The number of anilines is 1. The smallest absolute Gasteiger partial charge is 0.327 e. The van der Waals surface area contributed by atoms with Crippen molar-refractivity contribution in [1.82, 2.24) is 4.98 Å². The minimum atomic E-state index is -4.61. The molecule has 1 heterocycles. The highest BCUT2D eigenvalue weighted by Crippen LogP contribution is 2.29. The number of amides is 1. The molecule has 0 fully saturated rings. The molecule has 0 unspecified atom stereocenters. The molecule has 0 saturated heterocycles. The van der Waals surface area contributed by atoms with Gasteiger partial charge < -0.3 is 10.3 Å². The predicted molar refractivity (Wildman–Crippen MR) is 75.9 cm³/mol. The van der Waals surface area contributed by atoms with Crippen LogP contribution in [0.3, 0.4) is 0 Å². The Morgan fingerprint density at radius 3 is 2.41 bits per heavy atom. The molecular weight excluding hydrogens is 297 g/mol. The van der Waals surface area contributed by atoms with E-state index in [2.05, 4.69) is 5.32 Å². The summed E-state index contributed by atoms with van der Waals surface area (Å²) in [5, 5.41) is 2.20. The van der Waals surface area contributed by atoms with Crippen LogP contribution in [0.2, 0.25) is 0 Å². The van der Waals surface area contributed by atoms with Gasteiger partial charge in [-0.25, -0.2) is 0 Å². The van der Waals surface area contributed by atoms with E-state index in [-0.39, 0.29) is 5.56 Å². The standard InChI is InChI=1S/C15H13F3N2O2/c1-8-3-4-10(5-9(8)2)13(21)20-12-6-11(15(16,17)18)7-19-14(12)22/h3-7H,1-2H3,(H,19,22)(H,20,21). The van der Waals surface area contributed by atoms with Gasteiger partial charge in [-0.15, -0.1) is 0 Å². The minimum absolute atomic E-state index is 0.264. The lowest BCUT2D eigenvalue weighted by Crippen LogP contribution is -2.21. The van der Waals surface area contributed by atoms with Crippen LogP contribution < -0.4 is 10.9 Å². The van der Waals surface area contributed by atoms with E-state index >= 15 is 0 Å². The van der Waals surface area contributed by atoms with E-state index in [1.54, 1.807) is 18.2 Å². The Labute approximate surface area is 124 Å². The number of H-pyrrole nitrogens is 1. The molecule has 116 valence electrons. The molecule has 4 nitrogen and oxygen atoms in total. The maximum absolute atomic E-state index is 12.6. The molecule has 0 atom stereocenters. The van der Waals surface area contributed by atoms with Crippen LogP contribution in [0, 0.1) is 13.8 Å². The second-order valence-corrected chi connectivity index (χ2v) is 4.88. The van der Waals surface area contributed by atoms with Crippen molar-refractivity contribution >= 4 is 11.6 Å². The van der Waals surface area contributed by atoms with Crippen LogP contribution in [-0.4, -0.2) is 10.9 Å². The van der Waals surface area contributed by atoms with Crippen molar-refractivity contribution in [3.63, 3.8) is 0 Å². The molecule has 2 aromatic rings. The van der Waals surface area contributed by atoms with Gasteiger partial charge in [-0.1, -0.05) is 6.07 Å². The number of carbonyl (C=O) groups excluding carboxylic acids is 1. The number of hydrogen-bond donors (Lipinski definition) is 2. The maximum atomic E-state index is 12.6. The molecule has 0 saturated carbocycles. The van der Waals surface area contributed by atoms with Crippen molar-refractivity contribution in [1.29, 1.82) is 0 Å². The Morgan fingerprint density at radius 2 is 1.82 bits per heavy atom. The average molecular weight is 310 g/mol. The largest absolute Gasteiger partial charge is 0.417 e. The van der Waals surface area contributed by atoms with E-state index in [1.807, 2.05) is 18.8 Å². The summed E-state index contributed by atoms with van der Waals surface area (Å²) in [4.78, 5) is 25.6. The molecule has 0 radical (unpaired) electrons. The van der Waals surface area contributed by atoms with Crippen molar-refractivity contribution in [2.45, 2.75) is 20.0 Å². The van der Waals surface area contributed by atoms with Gasteiger partial charge in [0.2, 0.25) is 0 Å². The monoisotopic (exact) mass is 310 g/mol. The van der Waals surface area contributed by atoms with Gasteiger partial charge in [0.05, 0.1) is 5.56 Å². The fourth-order valence-electron chi connectivity index (χ4n) is 1.82. The van der Waals surface area contributed by atoms with Crippen molar-refractivity contribution in [3.8, 4) is 0 Å². The molecule has 0 aliphatic carbocycles. The predicted octanol–water partition coefficient (Wildman–Crippen LogP) is 3.26. The van der Waals surface area contributed by atoms with Gasteiger partial charge in [0.15, 0.2) is 0 Å². The summed E-state index contributed by atoms with van der Waals surface area (Å²) >= 11 is 0. The zero-order valence-electron chi connectivity index (χ0n) is 11.8. The number of carbonyl (C=O) groups is 1. The fraction of sp³-hybridized carbons (Fsp3) is 0.200. The minimum Gasteiger partial charge on any atom is -0.327 e. The molecule has 2 N–H and O–H groups in total. The maximum Gasteiger partial charge on any atom is 0.417 e. The third-order valence-electron chi connectivity index (χ3n) is 3.25. The number of pyridine rings is 1. The van der Waals surface area contributed by atoms with Crippen molar-refractivity contribution < 1.29 is 18.0 Å². The zero-order valence-corrected chi connectivity index (χ0v) is 11.8. The summed E-state index contributed by atoms with van der Waals surface area (Å²) in [6, 6.07) is 5.48. The highest BCUT2D eigenvalue weighted by Gasteiger charge is 2.31. The van der Waals surface area contributed by atoms with Crippen molar-refractivity contribution in [3.05, 3.63) is 63.1 Å². The molecule has 0 bridgehead atoms. The number of rotatable bonds is 2. The molecular formula is C15H13F3N2O2. The highest BCUT2D eigenvalue weighted by atomic mass is 19.4. The summed E-state index contributed by atoms with van der Waals surface area (Å²) in [5.41, 5.74) is -0.176. The normalized spacial score (nSPS) is 11.3. The molecule has 22 heavy (non-hydrogen) atoms. The third-order valence-corrected chi connectivity index (χ3v) is 3.25. The van der Waals surface area contributed by atoms with E-state index in [0.717, 1.165) is 11.1 Å². The Morgan fingerprint density at radius 1 is 1.14 bits per heavy atom. The van der Waals surface area contributed by atoms with Crippen molar-refractivity contribution in [2.75, 3.05) is 5.32 Å². The summed E-state index contributed by atoms with van der Waals surface area (Å²) in [5.74, 6) is -0.645. The van der Waals surface area contributed by atoms with Crippen LogP contribution in [0.5, 0.6) is 0 Å². The summed E-state index contributed by atoms with van der Waals surface area (Å²) in [6.45, 7) is 3.68.